The Balaban J connectivity index is 2.06. The number of pyridine rings is 1. The molecule has 0 aliphatic heterocycles. The van der Waals surface area contributed by atoms with Crippen molar-refractivity contribution in [2.75, 3.05) is 0 Å². The topological polar surface area (TPSA) is 63.8 Å². The number of rotatable bonds is 3. The van der Waals surface area contributed by atoms with Gasteiger partial charge in [0.05, 0.1) is 16.6 Å². The van der Waals surface area contributed by atoms with Gasteiger partial charge in [-0.1, -0.05) is 18.2 Å². The van der Waals surface area contributed by atoms with E-state index in [1.165, 1.54) is 0 Å². The standard InChI is InChI=1S/C14H14N4S/c1-9-17-8-13(19-9)14(18-15)11-5-4-10-3-2-6-16-12(10)7-11/h2-8,14,18H,15H2,1H3. The Hall–Kier alpha value is -1.82. The van der Waals surface area contributed by atoms with Crippen LogP contribution in [0.3, 0.4) is 0 Å². The van der Waals surface area contributed by atoms with E-state index in [4.69, 9.17) is 5.84 Å². The van der Waals surface area contributed by atoms with Crippen molar-refractivity contribution in [3.05, 3.63) is 58.2 Å². The zero-order chi connectivity index (χ0) is 13.2. The van der Waals surface area contributed by atoms with Crippen molar-refractivity contribution < 1.29 is 0 Å². The van der Waals surface area contributed by atoms with E-state index in [2.05, 4.69) is 33.6 Å². The molecule has 3 N–H and O–H groups in total. The number of nitrogens with zero attached hydrogens (tertiary/aromatic N) is 2. The quantitative estimate of drug-likeness (QED) is 0.567. The lowest BCUT2D eigenvalue weighted by atomic mass is 10.0. The Morgan fingerprint density at radius 1 is 1.26 bits per heavy atom. The normalized spacial score (nSPS) is 12.7. The fourth-order valence-electron chi connectivity index (χ4n) is 2.12. The second kappa shape index (κ2) is 5.05. The van der Waals surface area contributed by atoms with Crippen molar-refractivity contribution in [3.8, 4) is 0 Å². The number of thiazole rings is 1. The molecule has 1 atom stereocenters. The van der Waals surface area contributed by atoms with Gasteiger partial charge in [0.25, 0.3) is 0 Å². The second-order valence-corrected chi connectivity index (χ2v) is 5.60. The van der Waals surface area contributed by atoms with Crippen LogP contribution in [0.25, 0.3) is 10.9 Å². The first-order valence-electron chi connectivity index (χ1n) is 6.01. The number of nitrogens with two attached hydrogens (primary N) is 1. The van der Waals surface area contributed by atoms with Gasteiger partial charge in [-0.3, -0.25) is 10.8 Å². The summed E-state index contributed by atoms with van der Waals surface area (Å²) in [7, 11) is 0. The predicted octanol–water partition coefficient (Wildman–Crippen LogP) is 2.55. The molecule has 3 aromatic rings. The van der Waals surface area contributed by atoms with Crippen LogP contribution >= 0.6 is 11.3 Å². The smallest absolute Gasteiger partial charge is 0.0897 e. The van der Waals surface area contributed by atoms with Crippen LogP contribution < -0.4 is 11.3 Å². The maximum atomic E-state index is 5.70. The molecular formula is C14H14N4S. The van der Waals surface area contributed by atoms with Crippen molar-refractivity contribution in [3.63, 3.8) is 0 Å². The summed E-state index contributed by atoms with van der Waals surface area (Å²) in [5, 5.41) is 2.16. The lowest BCUT2D eigenvalue weighted by Gasteiger charge is -2.14. The van der Waals surface area contributed by atoms with Crippen molar-refractivity contribution in [2.24, 2.45) is 5.84 Å². The molecule has 0 saturated carbocycles. The number of fused-ring (bicyclic) bond motifs is 1. The molecule has 0 fully saturated rings. The number of hydrogen-bond acceptors (Lipinski definition) is 5. The van der Waals surface area contributed by atoms with Crippen molar-refractivity contribution in [2.45, 2.75) is 13.0 Å². The summed E-state index contributed by atoms with van der Waals surface area (Å²) in [6.45, 7) is 1.99. The Bertz CT molecular complexity index is 707. The van der Waals surface area contributed by atoms with E-state index in [1.54, 1.807) is 17.5 Å². The summed E-state index contributed by atoms with van der Waals surface area (Å²) in [5.41, 5.74) is 4.92. The first kappa shape index (κ1) is 12.2. The SMILES string of the molecule is Cc1ncc(C(NN)c2ccc3cccnc3c2)s1. The molecule has 0 bridgehead atoms. The highest BCUT2D eigenvalue weighted by Gasteiger charge is 2.15. The van der Waals surface area contributed by atoms with Gasteiger partial charge in [-0.2, -0.15) is 0 Å². The fraction of sp³-hybridized carbons (Fsp3) is 0.143. The summed E-state index contributed by atoms with van der Waals surface area (Å²) in [5.74, 6) is 5.70. The molecule has 0 aliphatic rings. The summed E-state index contributed by atoms with van der Waals surface area (Å²) in [6.07, 6.45) is 3.67. The Morgan fingerprint density at radius 3 is 2.89 bits per heavy atom. The summed E-state index contributed by atoms with van der Waals surface area (Å²) in [6, 6.07) is 10.1. The van der Waals surface area contributed by atoms with Crippen LogP contribution in [0.15, 0.2) is 42.7 Å². The average molecular weight is 270 g/mol. The van der Waals surface area contributed by atoms with Crippen LogP contribution in [0.5, 0.6) is 0 Å². The predicted molar refractivity (Wildman–Crippen MR) is 77.8 cm³/mol. The first-order valence-corrected chi connectivity index (χ1v) is 6.83. The molecule has 0 amide bonds. The van der Waals surface area contributed by atoms with Crippen molar-refractivity contribution in [1.29, 1.82) is 0 Å². The molecule has 0 aliphatic carbocycles. The average Bonchev–Trinajstić information content (AvgIpc) is 2.86. The molecule has 4 nitrogen and oxygen atoms in total. The van der Waals surface area contributed by atoms with E-state index in [0.29, 0.717) is 0 Å². The maximum absolute atomic E-state index is 5.70. The number of hydrogen-bond donors (Lipinski definition) is 2. The molecule has 1 aromatic carbocycles. The number of aryl methyl sites for hydroxylation is 1. The molecule has 2 aromatic heterocycles. The first-order chi connectivity index (χ1) is 9.28. The maximum Gasteiger partial charge on any atom is 0.0897 e. The van der Waals surface area contributed by atoms with Crippen molar-refractivity contribution >= 4 is 22.2 Å². The molecule has 0 radical (unpaired) electrons. The van der Waals surface area contributed by atoms with Gasteiger partial charge in [0.2, 0.25) is 0 Å². The van der Waals surface area contributed by atoms with E-state index in [9.17, 15) is 0 Å². The fourth-order valence-corrected chi connectivity index (χ4v) is 2.99. The molecule has 2 heterocycles. The molecular weight excluding hydrogens is 256 g/mol. The lowest BCUT2D eigenvalue weighted by molar-refractivity contribution is 0.646. The number of hydrazine groups is 1. The van der Waals surface area contributed by atoms with Crippen LogP contribution in [-0.4, -0.2) is 9.97 Å². The van der Waals surface area contributed by atoms with Crippen LogP contribution in [0.1, 0.15) is 21.5 Å². The Labute approximate surface area is 115 Å². The van der Waals surface area contributed by atoms with Crippen LogP contribution in [0, 0.1) is 6.92 Å². The van der Waals surface area contributed by atoms with E-state index >= 15 is 0 Å². The molecule has 3 rings (SSSR count). The van der Waals surface area contributed by atoms with Gasteiger partial charge in [-0.05, 0) is 24.6 Å². The number of benzene rings is 1. The largest absolute Gasteiger partial charge is 0.271 e. The Kier molecular flexibility index (Phi) is 3.25. The minimum atomic E-state index is -0.0439. The van der Waals surface area contributed by atoms with Gasteiger partial charge in [-0.25, -0.2) is 10.4 Å². The highest BCUT2D eigenvalue weighted by atomic mass is 32.1. The van der Waals surface area contributed by atoms with E-state index in [-0.39, 0.29) is 6.04 Å². The minimum Gasteiger partial charge on any atom is -0.271 e. The lowest BCUT2D eigenvalue weighted by Crippen LogP contribution is -2.28. The van der Waals surface area contributed by atoms with Crippen LogP contribution in [-0.2, 0) is 0 Å². The van der Waals surface area contributed by atoms with Gasteiger partial charge in [0, 0.05) is 22.7 Å². The third-order valence-corrected chi connectivity index (χ3v) is 4.03. The number of nitrogens with one attached hydrogen (secondary N) is 1. The summed E-state index contributed by atoms with van der Waals surface area (Å²) in [4.78, 5) is 9.76. The second-order valence-electron chi connectivity index (χ2n) is 4.34. The monoisotopic (exact) mass is 270 g/mol. The zero-order valence-corrected chi connectivity index (χ0v) is 11.3. The molecule has 19 heavy (non-hydrogen) atoms. The van der Waals surface area contributed by atoms with E-state index < -0.39 is 0 Å². The summed E-state index contributed by atoms with van der Waals surface area (Å²) < 4.78 is 0. The highest BCUT2D eigenvalue weighted by Crippen LogP contribution is 2.27. The third-order valence-electron chi connectivity index (χ3n) is 3.05. The Morgan fingerprint density at radius 2 is 2.16 bits per heavy atom. The molecule has 0 spiro atoms. The van der Waals surface area contributed by atoms with Crippen LogP contribution in [0.2, 0.25) is 0 Å². The van der Waals surface area contributed by atoms with Gasteiger partial charge in [0.1, 0.15) is 0 Å². The van der Waals surface area contributed by atoms with Gasteiger partial charge in [0.15, 0.2) is 0 Å². The molecule has 5 heteroatoms. The molecule has 1 unspecified atom stereocenters. The third kappa shape index (κ3) is 2.35. The van der Waals surface area contributed by atoms with Gasteiger partial charge in [-0.15, -0.1) is 11.3 Å². The van der Waals surface area contributed by atoms with Crippen molar-refractivity contribution in [1.82, 2.24) is 15.4 Å². The van der Waals surface area contributed by atoms with Gasteiger partial charge >= 0.3 is 0 Å². The van der Waals surface area contributed by atoms with E-state index in [1.807, 2.05) is 25.3 Å². The van der Waals surface area contributed by atoms with E-state index in [0.717, 1.165) is 26.4 Å². The highest BCUT2D eigenvalue weighted by molar-refractivity contribution is 7.11. The number of aromatic nitrogens is 2. The summed E-state index contributed by atoms with van der Waals surface area (Å²) >= 11 is 1.65. The molecule has 0 saturated heterocycles. The van der Waals surface area contributed by atoms with Gasteiger partial charge < -0.3 is 0 Å². The zero-order valence-electron chi connectivity index (χ0n) is 10.5. The minimum absolute atomic E-state index is 0.0439. The molecule has 96 valence electrons. The van der Waals surface area contributed by atoms with Crippen LogP contribution in [0.4, 0.5) is 0 Å².